The third kappa shape index (κ3) is 10.8. The van der Waals surface area contributed by atoms with Crippen LogP contribution in [0, 0.1) is 0 Å². The van der Waals surface area contributed by atoms with Crippen molar-refractivity contribution < 1.29 is 66.7 Å². The summed E-state index contributed by atoms with van der Waals surface area (Å²) in [5.41, 5.74) is 0.210. The Morgan fingerprint density at radius 2 is 0.929 bits per heavy atom. The van der Waals surface area contributed by atoms with E-state index in [1.165, 1.54) is 19.2 Å². The normalized spacial score (nSPS) is 15.0. The van der Waals surface area contributed by atoms with Crippen LogP contribution in [0.4, 0.5) is 0 Å². The van der Waals surface area contributed by atoms with Crippen molar-refractivity contribution in [3.63, 3.8) is 0 Å². The van der Waals surface area contributed by atoms with Crippen LogP contribution in [0.3, 0.4) is 0 Å². The van der Waals surface area contributed by atoms with Crippen LogP contribution in [0.15, 0.2) is 98.1 Å². The van der Waals surface area contributed by atoms with E-state index in [1.54, 1.807) is 60.7 Å². The third-order valence-electron chi connectivity index (χ3n) is 8.26. The molecule has 2 atom stereocenters. The maximum absolute atomic E-state index is 13.3. The molecule has 56 heavy (non-hydrogen) atoms. The Bertz CT molecular complexity index is 1980. The number of hydrogen-bond donors (Lipinski definition) is 0. The second-order valence-corrected chi connectivity index (χ2v) is 12.0. The average molecular weight is 770 g/mol. The van der Waals surface area contributed by atoms with Gasteiger partial charge in [-0.1, -0.05) is 37.4 Å². The molecule has 15 heteroatoms. The van der Waals surface area contributed by atoms with Gasteiger partial charge >= 0.3 is 23.9 Å². The van der Waals surface area contributed by atoms with E-state index in [0.29, 0.717) is 22.3 Å². The van der Waals surface area contributed by atoms with E-state index >= 15 is 0 Å². The van der Waals surface area contributed by atoms with Crippen molar-refractivity contribution in [3.8, 4) is 11.5 Å². The number of ether oxygens (including phenoxy) is 8. The van der Waals surface area contributed by atoms with E-state index in [0.717, 1.165) is 27.8 Å². The molecule has 1 fully saturated rings. The fourth-order valence-corrected chi connectivity index (χ4v) is 5.38. The highest BCUT2D eigenvalue weighted by Crippen LogP contribution is 2.27. The molecule has 0 N–H and O–H groups in total. The smallest absolute Gasteiger partial charge is 0.339 e. The van der Waals surface area contributed by atoms with E-state index in [1.807, 2.05) is 0 Å². The molecule has 1 aliphatic rings. The molecule has 0 radical (unpaired) electrons. The second kappa shape index (κ2) is 19.7. The predicted molar refractivity (Wildman–Crippen MR) is 199 cm³/mol. The van der Waals surface area contributed by atoms with Crippen molar-refractivity contribution in [2.75, 3.05) is 59.9 Å². The molecule has 0 saturated carbocycles. The summed E-state index contributed by atoms with van der Waals surface area (Å²) in [6.45, 7) is 8.28. The lowest BCUT2D eigenvalue weighted by Crippen LogP contribution is -2.37. The Morgan fingerprint density at radius 3 is 1.34 bits per heavy atom. The molecule has 1 aliphatic heterocycles. The molecule has 0 bridgehead atoms. The molecule has 0 spiro atoms. The highest BCUT2D eigenvalue weighted by atomic mass is 16.6. The van der Waals surface area contributed by atoms with E-state index < -0.39 is 47.9 Å². The number of rotatable bonds is 20. The molecule has 15 nitrogen and oxygen atoms in total. The second-order valence-electron chi connectivity index (χ2n) is 12.0. The quantitative estimate of drug-likeness (QED) is 0.0414. The number of amides is 2. The van der Waals surface area contributed by atoms with Gasteiger partial charge in [-0.15, -0.1) is 0 Å². The van der Waals surface area contributed by atoms with Gasteiger partial charge in [0.05, 0.1) is 37.6 Å². The van der Waals surface area contributed by atoms with Crippen molar-refractivity contribution in [1.29, 1.82) is 0 Å². The van der Waals surface area contributed by atoms with Crippen LogP contribution >= 0.6 is 0 Å². The number of esters is 4. The molecule has 5 rings (SSSR count). The topological polar surface area (TPSA) is 179 Å². The standard InChI is InChI=1S/C41H39NO14/c1-4-34(43)53-20-16-49-14-18-51-32-12-10-26-22-30(8-6-28(26)24-32)40(47)55-36-37(39(46)42(3)38(36)45)56-41(48)31-9-7-29-25-33(13-11-27(29)23-31)52-19-15-50-17-21-54-35(44)5-2/h4-13,22-25,36-37H,1-2,14-21H2,3H3/t36-,37-/m1/s1. The van der Waals surface area contributed by atoms with Crippen LogP contribution in [0.2, 0.25) is 0 Å². The molecule has 292 valence electrons. The third-order valence-corrected chi connectivity index (χ3v) is 8.26. The van der Waals surface area contributed by atoms with Gasteiger partial charge < -0.3 is 37.9 Å². The maximum atomic E-state index is 13.3. The van der Waals surface area contributed by atoms with E-state index in [4.69, 9.17) is 37.9 Å². The monoisotopic (exact) mass is 769 g/mol. The summed E-state index contributed by atoms with van der Waals surface area (Å²) in [7, 11) is 1.21. The maximum Gasteiger partial charge on any atom is 0.339 e. The van der Waals surface area contributed by atoms with Crippen LogP contribution < -0.4 is 9.47 Å². The zero-order valence-electron chi connectivity index (χ0n) is 30.5. The number of benzene rings is 4. The summed E-state index contributed by atoms with van der Waals surface area (Å²) < 4.78 is 42.8. The van der Waals surface area contributed by atoms with Crippen LogP contribution in [0.5, 0.6) is 11.5 Å². The molecular weight excluding hydrogens is 730 g/mol. The lowest BCUT2D eigenvalue weighted by atomic mass is 10.1. The average Bonchev–Trinajstić information content (AvgIpc) is 3.40. The Kier molecular flexibility index (Phi) is 14.3. The number of hydrogen-bond acceptors (Lipinski definition) is 14. The zero-order chi connectivity index (χ0) is 40.0. The minimum atomic E-state index is -1.70. The molecule has 4 aromatic rings. The van der Waals surface area contributed by atoms with Gasteiger partial charge in [0.15, 0.2) is 0 Å². The fraction of sp³-hybridized carbons (Fsp3) is 0.268. The minimum absolute atomic E-state index is 0.101. The molecule has 0 aliphatic carbocycles. The van der Waals surface area contributed by atoms with Gasteiger partial charge in [-0.25, -0.2) is 19.2 Å². The first-order valence-electron chi connectivity index (χ1n) is 17.4. The zero-order valence-corrected chi connectivity index (χ0v) is 30.5. The predicted octanol–water partition coefficient (Wildman–Crippen LogP) is 3.99. The number of carbonyl (C=O) groups excluding carboxylic acids is 6. The number of imide groups is 1. The number of fused-ring (bicyclic) bond motifs is 2. The molecule has 1 saturated heterocycles. The summed E-state index contributed by atoms with van der Waals surface area (Å²) in [6, 6.07) is 19.9. The van der Waals surface area contributed by atoms with Gasteiger partial charge in [-0.3, -0.25) is 14.5 Å². The molecule has 0 aromatic heterocycles. The largest absolute Gasteiger partial charge is 0.491 e. The Balaban J connectivity index is 1.14. The first-order valence-corrected chi connectivity index (χ1v) is 17.4. The van der Waals surface area contributed by atoms with E-state index in [9.17, 15) is 28.8 Å². The van der Waals surface area contributed by atoms with E-state index in [2.05, 4.69) is 13.2 Å². The van der Waals surface area contributed by atoms with Crippen LogP contribution in [0.25, 0.3) is 21.5 Å². The molecular formula is C41H39NO14. The Morgan fingerprint density at radius 1 is 0.554 bits per heavy atom. The van der Waals surface area contributed by atoms with Crippen molar-refractivity contribution in [3.05, 3.63) is 109 Å². The van der Waals surface area contributed by atoms with Gasteiger partial charge in [-0.2, -0.15) is 0 Å². The van der Waals surface area contributed by atoms with Crippen molar-refractivity contribution in [2.45, 2.75) is 12.2 Å². The highest BCUT2D eigenvalue weighted by Gasteiger charge is 2.51. The number of likely N-dealkylation sites (tertiary alicyclic amines) is 1. The van der Waals surface area contributed by atoms with Gasteiger partial charge in [-0.05, 0) is 70.1 Å². The van der Waals surface area contributed by atoms with Crippen molar-refractivity contribution in [1.82, 2.24) is 4.90 Å². The fourth-order valence-electron chi connectivity index (χ4n) is 5.38. The lowest BCUT2D eigenvalue weighted by molar-refractivity contribution is -0.140. The summed E-state index contributed by atoms with van der Waals surface area (Å²) in [4.78, 5) is 75.3. The minimum Gasteiger partial charge on any atom is -0.491 e. The number of likely N-dealkylation sites (N-methyl/N-ethyl adjacent to an activating group) is 1. The summed E-state index contributed by atoms with van der Waals surface area (Å²) in [5.74, 6) is -3.39. The van der Waals surface area contributed by atoms with E-state index in [-0.39, 0.29) is 64.0 Å². The summed E-state index contributed by atoms with van der Waals surface area (Å²) in [5, 5.41) is 2.85. The number of carbonyl (C=O) groups is 6. The van der Waals surface area contributed by atoms with Crippen LogP contribution in [0.1, 0.15) is 20.7 Å². The SMILES string of the molecule is C=CC(=O)OCCOCCOc1ccc2cc(C(=O)O[C@H]3C(=O)N(C)C(=O)[C@@H]3OC(=O)c3ccc4cc(OCCOCCOC(=O)C=C)ccc4c3)ccc2c1. The number of nitrogens with zero attached hydrogens (tertiary/aromatic N) is 1. The van der Waals surface area contributed by atoms with Gasteiger partial charge in [0.1, 0.15) is 37.9 Å². The van der Waals surface area contributed by atoms with Gasteiger partial charge in [0.2, 0.25) is 12.2 Å². The van der Waals surface area contributed by atoms with Gasteiger partial charge in [0.25, 0.3) is 11.8 Å². The van der Waals surface area contributed by atoms with Crippen molar-refractivity contribution in [2.24, 2.45) is 0 Å². The molecule has 0 unspecified atom stereocenters. The van der Waals surface area contributed by atoms with Crippen molar-refractivity contribution >= 4 is 57.2 Å². The van der Waals surface area contributed by atoms with Gasteiger partial charge in [0, 0.05) is 19.2 Å². The Labute approximate surface area is 321 Å². The molecule has 1 heterocycles. The van der Waals surface area contributed by atoms with Crippen LogP contribution in [-0.4, -0.2) is 113 Å². The summed E-state index contributed by atoms with van der Waals surface area (Å²) >= 11 is 0. The first kappa shape index (κ1) is 40.6. The summed E-state index contributed by atoms with van der Waals surface area (Å²) in [6.07, 6.45) is -1.25. The first-order chi connectivity index (χ1) is 27.1. The van der Waals surface area contributed by atoms with Crippen LogP contribution in [-0.2, 0) is 47.6 Å². The Hall–Kier alpha value is -6.58. The molecule has 4 aromatic carbocycles. The highest BCUT2D eigenvalue weighted by molar-refractivity contribution is 6.10. The molecule has 2 amide bonds. The lowest BCUT2D eigenvalue weighted by Gasteiger charge is -2.17.